The molecule has 1 aliphatic rings. The van der Waals surface area contributed by atoms with Gasteiger partial charge in [-0.3, -0.25) is 10.1 Å². The Morgan fingerprint density at radius 2 is 1.93 bits per heavy atom. The average Bonchev–Trinajstić information content (AvgIpc) is 2.75. The maximum atomic E-state index is 13.8. The Balaban J connectivity index is 1.51. The lowest BCUT2D eigenvalue weighted by Gasteiger charge is -2.33. The highest BCUT2D eigenvalue weighted by Gasteiger charge is 2.23. The highest BCUT2D eigenvalue weighted by Crippen LogP contribution is 2.29. The van der Waals surface area contributed by atoms with E-state index >= 15 is 0 Å². The summed E-state index contributed by atoms with van der Waals surface area (Å²) in [7, 11) is 0. The molecular formula is C21H16F2N4O3. The van der Waals surface area contributed by atoms with Crippen molar-refractivity contribution in [1.82, 2.24) is 4.98 Å². The van der Waals surface area contributed by atoms with Crippen LogP contribution >= 0.6 is 0 Å². The van der Waals surface area contributed by atoms with Crippen molar-refractivity contribution in [2.75, 3.05) is 18.0 Å². The molecule has 7 nitrogen and oxygen atoms in total. The summed E-state index contributed by atoms with van der Waals surface area (Å²) in [6.07, 6.45) is 0.969. The molecule has 0 aliphatic carbocycles. The van der Waals surface area contributed by atoms with Gasteiger partial charge in [-0.1, -0.05) is 0 Å². The van der Waals surface area contributed by atoms with Crippen LogP contribution in [-0.2, 0) is 0 Å². The third-order valence-electron chi connectivity index (χ3n) is 5.06. The summed E-state index contributed by atoms with van der Waals surface area (Å²) < 4.78 is 32.5. The number of nitro groups is 1. The first-order valence-corrected chi connectivity index (χ1v) is 9.30. The minimum Gasteiger partial charge on any atom is -0.487 e. The Hall–Kier alpha value is -3.80. The second kappa shape index (κ2) is 7.91. The number of nitriles is 1. The van der Waals surface area contributed by atoms with Crippen molar-refractivity contribution >= 4 is 22.4 Å². The van der Waals surface area contributed by atoms with Crippen LogP contribution in [0.3, 0.4) is 0 Å². The highest BCUT2D eigenvalue weighted by atomic mass is 19.1. The van der Waals surface area contributed by atoms with E-state index in [1.165, 1.54) is 24.3 Å². The molecule has 0 spiro atoms. The van der Waals surface area contributed by atoms with Crippen LogP contribution in [0.15, 0.2) is 42.5 Å². The number of aromatic nitrogens is 1. The Labute approximate surface area is 170 Å². The fourth-order valence-electron chi connectivity index (χ4n) is 3.52. The van der Waals surface area contributed by atoms with Crippen LogP contribution in [0, 0.1) is 33.1 Å². The molecule has 1 aliphatic heterocycles. The average molecular weight is 410 g/mol. The molecule has 152 valence electrons. The van der Waals surface area contributed by atoms with Crippen LogP contribution in [0.4, 0.5) is 20.3 Å². The van der Waals surface area contributed by atoms with E-state index in [1.54, 1.807) is 6.07 Å². The molecule has 0 atom stereocenters. The van der Waals surface area contributed by atoms with Gasteiger partial charge in [-0.25, -0.2) is 13.8 Å². The Morgan fingerprint density at radius 1 is 1.17 bits per heavy atom. The molecule has 0 N–H and O–H groups in total. The van der Waals surface area contributed by atoms with Crippen molar-refractivity contribution in [2.24, 2.45) is 0 Å². The summed E-state index contributed by atoms with van der Waals surface area (Å²) in [5.74, 6) is -0.775. The molecule has 0 saturated carbocycles. The SMILES string of the molecule is N#Cc1cc(N2CCC(Oc3ccc(F)cc3F)CC2)nc2ccc([N+](=O)[O-])cc12. The van der Waals surface area contributed by atoms with E-state index in [0.717, 1.165) is 12.1 Å². The zero-order valence-electron chi connectivity index (χ0n) is 15.7. The van der Waals surface area contributed by atoms with Gasteiger partial charge >= 0.3 is 0 Å². The molecule has 1 saturated heterocycles. The summed E-state index contributed by atoms with van der Waals surface area (Å²) >= 11 is 0. The van der Waals surface area contributed by atoms with E-state index in [4.69, 9.17) is 4.74 Å². The van der Waals surface area contributed by atoms with Crippen molar-refractivity contribution in [2.45, 2.75) is 18.9 Å². The Morgan fingerprint density at radius 3 is 2.60 bits per heavy atom. The normalized spacial score (nSPS) is 14.5. The number of nitro benzene ring substituents is 1. The maximum Gasteiger partial charge on any atom is 0.270 e. The van der Waals surface area contributed by atoms with Crippen molar-refractivity contribution in [3.05, 3.63) is 69.8 Å². The number of hydrogen-bond acceptors (Lipinski definition) is 6. The first kappa shape index (κ1) is 19.5. The van der Waals surface area contributed by atoms with E-state index in [2.05, 4.69) is 11.1 Å². The third-order valence-corrected chi connectivity index (χ3v) is 5.06. The number of fused-ring (bicyclic) bond motifs is 1. The monoisotopic (exact) mass is 410 g/mol. The summed E-state index contributed by atoms with van der Waals surface area (Å²) in [6, 6.07) is 11.2. The van der Waals surface area contributed by atoms with Gasteiger partial charge in [0.1, 0.15) is 17.7 Å². The van der Waals surface area contributed by atoms with Gasteiger partial charge in [0.15, 0.2) is 11.6 Å². The lowest BCUT2D eigenvalue weighted by molar-refractivity contribution is -0.384. The van der Waals surface area contributed by atoms with Crippen LogP contribution in [-0.4, -0.2) is 29.1 Å². The van der Waals surface area contributed by atoms with E-state index in [9.17, 15) is 24.2 Å². The Kier molecular flexibility index (Phi) is 5.14. The van der Waals surface area contributed by atoms with Crippen LogP contribution in [0.1, 0.15) is 18.4 Å². The zero-order chi connectivity index (χ0) is 21.3. The zero-order valence-corrected chi connectivity index (χ0v) is 15.7. The van der Waals surface area contributed by atoms with Crippen LogP contribution < -0.4 is 9.64 Å². The van der Waals surface area contributed by atoms with Crippen molar-refractivity contribution in [1.29, 1.82) is 5.26 Å². The minimum atomic E-state index is -0.735. The summed E-state index contributed by atoms with van der Waals surface area (Å²) in [5.41, 5.74) is 0.714. The van der Waals surface area contributed by atoms with E-state index in [-0.39, 0.29) is 17.5 Å². The summed E-state index contributed by atoms with van der Waals surface area (Å²) in [4.78, 5) is 17.0. The summed E-state index contributed by atoms with van der Waals surface area (Å²) in [6.45, 7) is 1.15. The second-order valence-electron chi connectivity index (χ2n) is 6.98. The fraction of sp³-hybridized carbons (Fsp3) is 0.238. The van der Waals surface area contributed by atoms with Crippen molar-refractivity contribution in [3.63, 3.8) is 0 Å². The second-order valence-corrected chi connectivity index (χ2v) is 6.98. The molecule has 0 bridgehead atoms. The molecule has 4 rings (SSSR count). The van der Waals surface area contributed by atoms with Crippen LogP contribution in [0.25, 0.3) is 10.9 Å². The maximum absolute atomic E-state index is 13.8. The molecule has 1 aromatic heterocycles. The number of ether oxygens (including phenoxy) is 1. The van der Waals surface area contributed by atoms with E-state index in [0.29, 0.717) is 48.2 Å². The molecular weight excluding hydrogens is 394 g/mol. The number of non-ortho nitro benzene ring substituents is 1. The van der Waals surface area contributed by atoms with Gasteiger partial charge in [0.2, 0.25) is 0 Å². The standard InChI is InChI=1S/C21H16F2N4O3/c22-14-1-4-20(18(23)10-14)30-16-5-7-26(8-6-16)21-9-13(12-24)17-11-15(27(28)29)2-3-19(17)25-21/h1-4,9-11,16H,5-8H2. The fourth-order valence-corrected chi connectivity index (χ4v) is 3.52. The molecule has 2 aromatic carbocycles. The minimum absolute atomic E-state index is 0.0204. The topological polar surface area (TPSA) is 92.3 Å². The highest BCUT2D eigenvalue weighted by molar-refractivity contribution is 5.88. The predicted octanol–water partition coefficient (Wildman–Crippen LogP) is 4.34. The van der Waals surface area contributed by atoms with E-state index < -0.39 is 16.6 Å². The molecule has 30 heavy (non-hydrogen) atoms. The van der Waals surface area contributed by atoms with Gasteiger partial charge in [0.25, 0.3) is 5.69 Å². The van der Waals surface area contributed by atoms with E-state index in [1.807, 2.05) is 4.90 Å². The largest absolute Gasteiger partial charge is 0.487 e. The molecule has 0 unspecified atom stereocenters. The lowest BCUT2D eigenvalue weighted by Crippen LogP contribution is -2.38. The molecule has 0 radical (unpaired) electrons. The molecule has 9 heteroatoms. The molecule has 3 aromatic rings. The van der Waals surface area contributed by atoms with Gasteiger partial charge < -0.3 is 9.64 Å². The molecule has 1 fully saturated rings. The van der Waals surface area contributed by atoms with Crippen molar-refractivity contribution < 1.29 is 18.4 Å². The first-order chi connectivity index (χ1) is 14.4. The Bertz CT molecular complexity index is 1170. The number of halogens is 2. The van der Waals surface area contributed by atoms with Crippen molar-refractivity contribution in [3.8, 4) is 11.8 Å². The van der Waals surface area contributed by atoms with Gasteiger partial charge in [0.05, 0.1) is 22.1 Å². The number of nitrogens with zero attached hydrogens (tertiary/aromatic N) is 4. The molecule has 0 amide bonds. The first-order valence-electron chi connectivity index (χ1n) is 9.30. The van der Waals surface area contributed by atoms with Gasteiger partial charge in [-0.2, -0.15) is 5.26 Å². The summed E-state index contributed by atoms with van der Waals surface area (Å²) in [5, 5.41) is 20.9. The lowest BCUT2D eigenvalue weighted by atomic mass is 10.1. The number of pyridine rings is 1. The number of hydrogen-bond donors (Lipinski definition) is 0. The third kappa shape index (κ3) is 3.85. The molecule has 2 heterocycles. The predicted molar refractivity (Wildman–Crippen MR) is 105 cm³/mol. The van der Waals surface area contributed by atoms with Gasteiger partial charge in [0, 0.05) is 49.5 Å². The number of piperidine rings is 1. The number of benzene rings is 2. The van der Waals surface area contributed by atoms with Gasteiger partial charge in [-0.15, -0.1) is 0 Å². The number of rotatable bonds is 4. The van der Waals surface area contributed by atoms with Crippen LogP contribution in [0.5, 0.6) is 5.75 Å². The smallest absolute Gasteiger partial charge is 0.270 e. The number of anilines is 1. The van der Waals surface area contributed by atoms with Gasteiger partial charge in [-0.05, 0) is 24.3 Å². The quantitative estimate of drug-likeness (QED) is 0.469. The van der Waals surface area contributed by atoms with Crippen LogP contribution in [0.2, 0.25) is 0 Å².